The summed E-state index contributed by atoms with van der Waals surface area (Å²) in [7, 11) is -3.74. The van der Waals surface area contributed by atoms with E-state index >= 15 is 0 Å². The third-order valence-corrected chi connectivity index (χ3v) is 7.87. The summed E-state index contributed by atoms with van der Waals surface area (Å²) in [6, 6.07) is 6.76. The van der Waals surface area contributed by atoms with Gasteiger partial charge >= 0.3 is 0 Å². The molecule has 3 N–H and O–H groups in total. The first-order chi connectivity index (χ1) is 13.8. The topological polar surface area (TPSA) is 96.9 Å². The molecular weight excluding hydrogens is 432 g/mol. The Balaban J connectivity index is 1.71. The third-order valence-electron chi connectivity index (χ3n) is 4.91. The number of aliphatic hydroxyl groups is 1. The van der Waals surface area contributed by atoms with Crippen LogP contribution in [-0.2, 0) is 21.2 Å². The molecule has 3 unspecified atom stereocenters. The van der Waals surface area contributed by atoms with Crippen LogP contribution in [0.15, 0.2) is 33.9 Å². The summed E-state index contributed by atoms with van der Waals surface area (Å²) in [6.45, 7) is 1.91. The molecule has 0 saturated heterocycles. The van der Waals surface area contributed by atoms with Crippen molar-refractivity contribution in [2.24, 2.45) is 0 Å². The Kier molecular flexibility index (Phi) is 5.69. The van der Waals surface area contributed by atoms with Gasteiger partial charge in [-0.15, -0.1) is 11.3 Å². The standard InChI is InChI=1S/C19H22N2O5S3/c1-11-7-12-8-16(21-29(23,24)18-3-2-6-28-18)17(10-15(12)20-19(27)25-11)26-14-5-4-13(22)9-14/h2-3,6,8,10-11,13-14,21-22H,4-5,7,9H2,1H3,(H,20,27). The Hall–Kier alpha value is -1.88. The lowest BCUT2D eigenvalue weighted by Gasteiger charge is -2.20. The van der Waals surface area contributed by atoms with Crippen LogP contribution in [0.3, 0.4) is 0 Å². The van der Waals surface area contributed by atoms with E-state index in [0.29, 0.717) is 37.1 Å². The number of ether oxygens (including phenoxy) is 2. The van der Waals surface area contributed by atoms with Gasteiger partial charge in [0.05, 0.1) is 11.8 Å². The third kappa shape index (κ3) is 4.66. The zero-order valence-corrected chi connectivity index (χ0v) is 18.2. The van der Waals surface area contributed by atoms with Gasteiger partial charge in [-0.25, -0.2) is 8.42 Å². The van der Waals surface area contributed by atoms with Crippen LogP contribution < -0.4 is 14.8 Å². The number of thiophene rings is 1. The average Bonchev–Trinajstić information content (AvgIpc) is 3.27. The molecule has 1 aromatic carbocycles. The highest BCUT2D eigenvalue weighted by Gasteiger charge is 2.28. The van der Waals surface area contributed by atoms with Crippen molar-refractivity contribution in [2.45, 2.75) is 55.1 Å². The lowest BCUT2D eigenvalue weighted by atomic mass is 10.1. The van der Waals surface area contributed by atoms with Crippen molar-refractivity contribution in [3.8, 4) is 5.75 Å². The Labute approximate surface area is 179 Å². The van der Waals surface area contributed by atoms with E-state index in [1.54, 1.807) is 29.6 Å². The predicted molar refractivity (Wildman–Crippen MR) is 116 cm³/mol. The number of aliphatic hydroxyl groups excluding tert-OH is 1. The number of hydrogen-bond acceptors (Lipinski definition) is 7. The first-order valence-corrected chi connectivity index (χ1v) is 12.1. The number of rotatable bonds is 5. The van der Waals surface area contributed by atoms with Gasteiger partial charge in [-0.3, -0.25) is 4.72 Å². The number of sulfonamides is 1. The lowest BCUT2D eigenvalue weighted by molar-refractivity contribution is 0.150. The van der Waals surface area contributed by atoms with Gasteiger partial charge in [0.15, 0.2) is 0 Å². The molecule has 0 bridgehead atoms. The van der Waals surface area contributed by atoms with Crippen molar-refractivity contribution in [1.82, 2.24) is 0 Å². The van der Waals surface area contributed by atoms with E-state index < -0.39 is 16.1 Å². The van der Waals surface area contributed by atoms with Gasteiger partial charge in [-0.2, -0.15) is 0 Å². The Morgan fingerprint density at radius 2 is 2.21 bits per heavy atom. The van der Waals surface area contributed by atoms with Gasteiger partial charge in [0.1, 0.15) is 22.2 Å². The van der Waals surface area contributed by atoms with Gasteiger partial charge in [-0.05, 0) is 55.1 Å². The van der Waals surface area contributed by atoms with E-state index in [1.165, 1.54) is 0 Å². The summed E-state index contributed by atoms with van der Waals surface area (Å²) in [6.07, 6.45) is 1.74. The van der Waals surface area contributed by atoms with E-state index in [1.807, 2.05) is 6.92 Å². The number of hydrogen-bond donors (Lipinski definition) is 3. The van der Waals surface area contributed by atoms with Crippen molar-refractivity contribution in [2.75, 3.05) is 10.0 Å². The van der Waals surface area contributed by atoms with Gasteiger partial charge in [0.2, 0.25) is 0 Å². The second-order valence-electron chi connectivity index (χ2n) is 7.29. The molecule has 1 aromatic heterocycles. The van der Waals surface area contributed by atoms with Crippen LogP contribution in [0, 0.1) is 0 Å². The average molecular weight is 455 g/mol. The predicted octanol–water partition coefficient (Wildman–Crippen LogP) is 3.50. The van der Waals surface area contributed by atoms with Crippen molar-refractivity contribution < 1.29 is 23.0 Å². The maximum absolute atomic E-state index is 12.8. The quantitative estimate of drug-likeness (QED) is 0.595. The summed E-state index contributed by atoms with van der Waals surface area (Å²) in [5, 5.41) is 14.8. The van der Waals surface area contributed by atoms with E-state index in [9.17, 15) is 13.5 Å². The molecule has 0 spiro atoms. The summed E-state index contributed by atoms with van der Waals surface area (Å²) < 4.78 is 40.2. The number of fused-ring (bicyclic) bond motifs is 1. The zero-order chi connectivity index (χ0) is 20.6. The second kappa shape index (κ2) is 8.10. The van der Waals surface area contributed by atoms with Crippen LogP contribution in [0.2, 0.25) is 0 Å². The number of anilines is 2. The minimum Gasteiger partial charge on any atom is -0.488 e. The van der Waals surface area contributed by atoms with Crippen molar-refractivity contribution in [3.05, 3.63) is 35.2 Å². The molecule has 2 heterocycles. The molecule has 1 aliphatic carbocycles. The SMILES string of the molecule is CC1Cc2cc(NS(=O)(=O)c3cccs3)c(OC3CCC(O)C3)cc2NC(=S)O1. The first kappa shape index (κ1) is 20.4. The molecule has 156 valence electrons. The molecule has 0 amide bonds. The normalized spacial score (nSPS) is 24.2. The molecule has 2 aromatic rings. The summed E-state index contributed by atoms with van der Waals surface area (Å²) >= 11 is 6.35. The highest BCUT2D eigenvalue weighted by Crippen LogP contribution is 2.38. The molecule has 2 aliphatic rings. The molecule has 0 radical (unpaired) electrons. The number of nitrogens with one attached hydrogen (secondary N) is 2. The smallest absolute Gasteiger partial charge is 0.271 e. The fourth-order valence-corrected chi connectivity index (χ4v) is 5.90. The Morgan fingerprint density at radius 1 is 1.38 bits per heavy atom. The molecule has 10 heteroatoms. The van der Waals surface area contributed by atoms with E-state index in [2.05, 4.69) is 10.0 Å². The molecule has 29 heavy (non-hydrogen) atoms. The summed E-state index contributed by atoms with van der Waals surface area (Å²) in [5.74, 6) is 0.396. The molecule has 1 fully saturated rings. The zero-order valence-electron chi connectivity index (χ0n) is 15.8. The Morgan fingerprint density at radius 3 is 2.90 bits per heavy atom. The van der Waals surface area contributed by atoms with Gasteiger partial charge in [0.25, 0.3) is 15.2 Å². The minimum atomic E-state index is -3.74. The maximum atomic E-state index is 12.8. The van der Waals surface area contributed by atoms with E-state index in [4.69, 9.17) is 21.7 Å². The fourth-order valence-electron chi connectivity index (χ4n) is 3.58. The van der Waals surface area contributed by atoms with Crippen LogP contribution in [-0.4, -0.2) is 37.0 Å². The second-order valence-corrected chi connectivity index (χ2v) is 10.5. The molecular formula is C19H22N2O5S3. The van der Waals surface area contributed by atoms with Crippen LogP contribution in [0.1, 0.15) is 31.7 Å². The van der Waals surface area contributed by atoms with Gasteiger partial charge < -0.3 is 19.9 Å². The summed E-state index contributed by atoms with van der Waals surface area (Å²) in [4.78, 5) is 0. The van der Waals surface area contributed by atoms with E-state index in [0.717, 1.165) is 22.6 Å². The molecule has 1 aliphatic heterocycles. The minimum absolute atomic E-state index is 0.144. The monoisotopic (exact) mass is 454 g/mol. The van der Waals surface area contributed by atoms with E-state index in [-0.39, 0.29) is 21.6 Å². The number of thiocarbonyl (C=S) groups is 1. The van der Waals surface area contributed by atoms with Crippen molar-refractivity contribution >= 4 is 50.1 Å². The molecule has 1 saturated carbocycles. The largest absolute Gasteiger partial charge is 0.488 e. The molecule has 3 atom stereocenters. The summed E-state index contributed by atoms with van der Waals surface area (Å²) in [5.41, 5.74) is 1.97. The Bertz CT molecular complexity index is 1010. The van der Waals surface area contributed by atoms with Crippen molar-refractivity contribution in [1.29, 1.82) is 0 Å². The molecule has 7 nitrogen and oxygen atoms in total. The van der Waals surface area contributed by atoms with Gasteiger partial charge in [0, 0.05) is 24.6 Å². The van der Waals surface area contributed by atoms with Crippen LogP contribution in [0.5, 0.6) is 5.75 Å². The highest BCUT2D eigenvalue weighted by molar-refractivity contribution is 7.94. The van der Waals surface area contributed by atoms with Crippen LogP contribution >= 0.6 is 23.6 Å². The van der Waals surface area contributed by atoms with Crippen LogP contribution in [0.25, 0.3) is 0 Å². The molecule has 4 rings (SSSR count). The van der Waals surface area contributed by atoms with Crippen LogP contribution in [0.4, 0.5) is 11.4 Å². The van der Waals surface area contributed by atoms with Gasteiger partial charge in [-0.1, -0.05) is 6.07 Å². The maximum Gasteiger partial charge on any atom is 0.271 e. The highest BCUT2D eigenvalue weighted by atomic mass is 32.2. The van der Waals surface area contributed by atoms with Crippen molar-refractivity contribution in [3.63, 3.8) is 0 Å². The lowest BCUT2D eigenvalue weighted by Crippen LogP contribution is -2.18. The fraction of sp³-hybridized carbons (Fsp3) is 0.421. The first-order valence-electron chi connectivity index (χ1n) is 9.36. The number of benzene rings is 1.